The zero-order valence-corrected chi connectivity index (χ0v) is 13.8. The fourth-order valence-electron chi connectivity index (χ4n) is 2.64. The second kappa shape index (κ2) is 8.02. The number of piperidine rings is 1. The Hall–Kier alpha value is -1.27. The van der Waals surface area contributed by atoms with Crippen LogP contribution in [0.2, 0.25) is 0 Å². The summed E-state index contributed by atoms with van der Waals surface area (Å²) in [5.41, 5.74) is -0.0662. The fourth-order valence-corrected chi connectivity index (χ4v) is 2.64. The lowest BCUT2D eigenvalue weighted by Crippen LogP contribution is -2.45. The summed E-state index contributed by atoms with van der Waals surface area (Å²) in [7, 11) is 0. The van der Waals surface area contributed by atoms with Crippen LogP contribution in [0.15, 0.2) is 24.3 Å². The molecule has 0 bridgehead atoms. The summed E-state index contributed by atoms with van der Waals surface area (Å²) in [6, 6.07) is 4.72. The van der Waals surface area contributed by atoms with Gasteiger partial charge in [0.2, 0.25) is 5.91 Å². The molecule has 1 aliphatic heterocycles. The van der Waals surface area contributed by atoms with Crippen LogP contribution in [0, 0.1) is 5.41 Å². The maximum absolute atomic E-state index is 12.5. The van der Waals surface area contributed by atoms with Gasteiger partial charge in [-0.2, -0.15) is 13.2 Å². The molecule has 1 aromatic rings. The van der Waals surface area contributed by atoms with E-state index in [1.54, 1.807) is 0 Å². The van der Waals surface area contributed by atoms with Gasteiger partial charge in [0.1, 0.15) is 0 Å². The van der Waals surface area contributed by atoms with Gasteiger partial charge in [-0.15, -0.1) is 12.4 Å². The highest BCUT2D eigenvalue weighted by atomic mass is 35.5. The van der Waals surface area contributed by atoms with E-state index in [0.29, 0.717) is 12.1 Å². The Morgan fingerprint density at radius 2 is 1.96 bits per heavy atom. The largest absolute Gasteiger partial charge is 0.416 e. The first-order valence-corrected chi connectivity index (χ1v) is 7.42. The Morgan fingerprint density at radius 1 is 1.30 bits per heavy atom. The Bertz CT molecular complexity index is 511. The molecule has 2 N–H and O–H groups in total. The van der Waals surface area contributed by atoms with E-state index in [-0.39, 0.29) is 30.2 Å². The molecule has 1 amide bonds. The van der Waals surface area contributed by atoms with Gasteiger partial charge in [-0.1, -0.05) is 19.1 Å². The molecule has 1 aliphatic rings. The van der Waals surface area contributed by atoms with Crippen molar-refractivity contribution >= 4 is 18.3 Å². The zero-order valence-electron chi connectivity index (χ0n) is 13.0. The highest BCUT2D eigenvalue weighted by Gasteiger charge is 2.30. The lowest BCUT2D eigenvalue weighted by atomic mass is 9.83. The molecule has 0 radical (unpaired) electrons. The highest BCUT2D eigenvalue weighted by Crippen LogP contribution is 2.29. The Labute approximate surface area is 140 Å². The van der Waals surface area contributed by atoms with Crippen LogP contribution in [0.5, 0.6) is 0 Å². The van der Waals surface area contributed by atoms with Gasteiger partial charge in [0.15, 0.2) is 0 Å². The fraction of sp³-hybridized carbons (Fsp3) is 0.562. The third kappa shape index (κ3) is 6.03. The van der Waals surface area contributed by atoms with Crippen LogP contribution in [-0.4, -0.2) is 25.5 Å². The van der Waals surface area contributed by atoms with Crippen LogP contribution in [0.25, 0.3) is 0 Å². The number of rotatable bonds is 4. The molecule has 130 valence electrons. The molecule has 0 saturated carbocycles. The summed E-state index contributed by atoms with van der Waals surface area (Å²) in [6.07, 6.45) is -2.10. The molecule has 0 spiro atoms. The van der Waals surface area contributed by atoms with Gasteiger partial charge < -0.3 is 10.6 Å². The van der Waals surface area contributed by atoms with Gasteiger partial charge in [0.25, 0.3) is 0 Å². The molecule has 0 aliphatic carbocycles. The standard InChI is InChI=1S/C16H21F3N2O.ClH/c1-15(7-2-8-20-10-15)11-21-14(22)9-12-3-5-13(6-4-12)16(17,18)19;/h3-6,20H,2,7-11H2,1H3,(H,21,22);1H. The summed E-state index contributed by atoms with van der Waals surface area (Å²) in [5.74, 6) is -0.161. The third-order valence-corrected chi connectivity index (χ3v) is 4.04. The molecule has 1 fully saturated rings. The van der Waals surface area contributed by atoms with Crippen LogP contribution >= 0.6 is 12.4 Å². The number of amides is 1. The summed E-state index contributed by atoms with van der Waals surface area (Å²) in [5, 5.41) is 6.20. The van der Waals surface area contributed by atoms with Crippen LogP contribution < -0.4 is 10.6 Å². The Morgan fingerprint density at radius 3 is 2.48 bits per heavy atom. The van der Waals surface area contributed by atoms with E-state index >= 15 is 0 Å². The van der Waals surface area contributed by atoms with Crippen molar-refractivity contribution in [3.05, 3.63) is 35.4 Å². The van der Waals surface area contributed by atoms with E-state index in [1.165, 1.54) is 12.1 Å². The monoisotopic (exact) mass is 350 g/mol. The summed E-state index contributed by atoms with van der Waals surface area (Å²) >= 11 is 0. The smallest absolute Gasteiger partial charge is 0.355 e. The number of halogens is 4. The van der Waals surface area contributed by atoms with Gasteiger partial charge in [-0.3, -0.25) is 4.79 Å². The number of hydrogen-bond acceptors (Lipinski definition) is 2. The van der Waals surface area contributed by atoms with Crippen molar-refractivity contribution in [3.8, 4) is 0 Å². The van der Waals surface area contributed by atoms with Crippen molar-refractivity contribution in [2.24, 2.45) is 5.41 Å². The Kier molecular flexibility index (Phi) is 6.89. The molecule has 1 aromatic carbocycles. The molecule has 1 unspecified atom stereocenters. The quantitative estimate of drug-likeness (QED) is 0.875. The first kappa shape index (κ1) is 19.8. The van der Waals surface area contributed by atoms with E-state index in [9.17, 15) is 18.0 Å². The van der Waals surface area contributed by atoms with Crippen LogP contribution in [0.4, 0.5) is 13.2 Å². The van der Waals surface area contributed by atoms with Gasteiger partial charge in [-0.05, 0) is 42.5 Å². The molecule has 0 aromatic heterocycles. The maximum Gasteiger partial charge on any atom is 0.416 e. The van der Waals surface area contributed by atoms with Crippen molar-refractivity contribution in [1.29, 1.82) is 0 Å². The van der Waals surface area contributed by atoms with E-state index < -0.39 is 11.7 Å². The number of hydrogen-bond donors (Lipinski definition) is 2. The van der Waals surface area contributed by atoms with Gasteiger partial charge in [-0.25, -0.2) is 0 Å². The lowest BCUT2D eigenvalue weighted by Gasteiger charge is -2.34. The topological polar surface area (TPSA) is 41.1 Å². The summed E-state index contributed by atoms with van der Waals surface area (Å²) < 4.78 is 37.4. The molecule has 1 heterocycles. The number of benzene rings is 1. The van der Waals surface area contributed by atoms with E-state index in [0.717, 1.165) is 38.1 Å². The minimum absolute atomic E-state index is 0. The predicted octanol–water partition coefficient (Wildman–Crippen LogP) is 3.18. The first-order chi connectivity index (χ1) is 10.3. The predicted molar refractivity (Wildman–Crippen MR) is 85.6 cm³/mol. The van der Waals surface area contributed by atoms with Gasteiger partial charge >= 0.3 is 6.18 Å². The number of carbonyl (C=O) groups is 1. The average Bonchev–Trinajstić information content (AvgIpc) is 2.46. The normalized spacial score (nSPS) is 21.4. The SMILES string of the molecule is CC1(CNC(=O)Cc2ccc(C(F)(F)F)cc2)CCCNC1.Cl. The number of nitrogens with one attached hydrogen (secondary N) is 2. The molecule has 1 saturated heterocycles. The molecule has 1 atom stereocenters. The Balaban J connectivity index is 0.00000264. The zero-order chi connectivity index (χ0) is 16.2. The van der Waals surface area contributed by atoms with Gasteiger partial charge in [0.05, 0.1) is 12.0 Å². The first-order valence-electron chi connectivity index (χ1n) is 7.42. The third-order valence-electron chi connectivity index (χ3n) is 4.04. The van der Waals surface area contributed by atoms with Crippen LogP contribution in [-0.2, 0) is 17.4 Å². The molecular weight excluding hydrogens is 329 g/mol. The minimum Gasteiger partial charge on any atom is -0.355 e. The number of alkyl halides is 3. The molecule has 23 heavy (non-hydrogen) atoms. The molecule has 7 heteroatoms. The summed E-state index contributed by atoms with van der Waals surface area (Å²) in [6.45, 7) is 4.58. The molecule has 3 nitrogen and oxygen atoms in total. The lowest BCUT2D eigenvalue weighted by molar-refractivity contribution is -0.137. The van der Waals surface area contributed by atoms with Crippen LogP contribution in [0.3, 0.4) is 0 Å². The van der Waals surface area contributed by atoms with Crippen molar-refractivity contribution in [3.63, 3.8) is 0 Å². The highest BCUT2D eigenvalue weighted by molar-refractivity contribution is 5.85. The van der Waals surface area contributed by atoms with Crippen LogP contribution in [0.1, 0.15) is 30.9 Å². The molecule has 2 rings (SSSR count). The van der Waals surface area contributed by atoms with Crippen molar-refractivity contribution in [2.75, 3.05) is 19.6 Å². The van der Waals surface area contributed by atoms with Crippen molar-refractivity contribution < 1.29 is 18.0 Å². The van der Waals surface area contributed by atoms with E-state index in [4.69, 9.17) is 0 Å². The maximum atomic E-state index is 12.5. The second-order valence-electron chi connectivity index (χ2n) is 6.24. The summed E-state index contributed by atoms with van der Waals surface area (Å²) in [4.78, 5) is 11.9. The van der Waals surface area contributed by atoms with E-state index in [1.807, 2.05) is 0 Å². The minimum atomic E-state index is -4.34. The molecular formula is C16H22ClF3N2O. The second-order valence-corrected chi connectivity index (χ2v) is 6.24. The number of carbonyl (C=O) groups excluding carboxylic acids is 1. The van der Waals surface area contributed by atoms with Gasteiger partial charge in [0, 0.05) is 13.1 Å². The van der Waals surface area contributed by atoms with Crippen molar-refractivity contribution in [2.45, 2.75) is 32.4 Å². The average molecular weight is 351 g/mol. The van der Waals surface area contributed by atoms with E-state index in [2.05, 4.69) is 17.6 Å². The van der Waals surface area contributed by atoms with Crippen molar-refractivity contribution in [1.82, 2.24) is 10.6 Å².